The molecule has 1 aromatic rings. The van der Waals surface area contributed by atoms with Gasteiger partial charge in [0.05, 0.1) is 11.8 Å². The van der Waals surface area contributed by atoms with Gasteiger partial charge >= 0.3 is 5.97 Å². The monoisotopic (exact) mass is 347 g/mol. The second kappa shape index (κ2) is 8.27. The van der Waals surface area contributed by atoms with Crippen molar-refractivity contribution in [2.45, 2.75) is 32.6 Å². The van der Waals surface area contributed by atoms with Crippen LogP contribution in [-0.2, 0) is 14.4 Å². The normalized spacial score (nSPS) is 19.6. The van der Waals surface area contributed by atoms with Gasteiger partial charge in [0.25, 0.3) is 5.91 Å². The molecular formula is C17H21N3O5. The summed E-state index contributed by atoms with van der Waals surface area (Å²) in [5.41, 5.74) is 5.46. The molecule has 0 bridgehead atoms. The molecule has 1 saturated carbocycles. The smallest absolute Gasteiger partial charge is 0.307 e. The summed E-state index contributed by atoms with van der Waals surface area (Å²) in [6, 6.07) is 6.15. The molecule has 3 amide bonds. The Balaban J connectivity index is 1.91. The lowest BCUT2D eigenvalue weighted by Crippen LogP contribution is -2.47. The SMILES string of the molecule is CC(=O)Nc1ccc(C(=O)NNC(=O)C2CCCCC2C(=O)O)cc1. The third kappa shape index (κ3) is 5.03. The highest BCUT2D eigenvalue weighted by Gasteiger charge is 2.35. The molecule has 1 fully saturated rings. The van der Waals surface area contributed by atoms with Gasteiger partial charge in [-0.3, -0.25) is 30.0 Å². The van der Waals surface area contributed by atoms with E-state index in [1.807, 2.05) is 0 Å². The van der Waals surface area contributed by atoms with Gasteiger partial charge in [-0.05, 0) is 37.1 Å². The number of benzene rings is 1. The Labute approximate surface area is 144 Å². The fourth-order valence-electron chi connectivity index (χ4n) is 2.93. The lowest BCUT2D eigenvalue weighted by Gasteiger charge is -2.27. The molecule has 1 aliphatic carbocycles. The largest absolute Gasteiger partial charge is 0.481 e. The fourth-order valence-corrected chi connectivity index (χ4v) is 2.93. The molecular weight excluding hydrogens is 326 g/mol. The number of amides is 3. The minimum atomic E-state index is -0.986. The number of nitrogens with one attached hydrogen (secondary N) is 3. The first-order valence-electron chi connectivity index (χ1n) is 8.09. The number of anilines is 1. The highest BCUT2D eigenvalue weighted by molar-refractivity contribution is 5.97. The van der Waals surface area contributed by atoms with Crippen LogP contribution >= 0.6 is 0 Å². The molecule has 0 heterocycles. The lowest BCUT2D eigenvalue weighted by atomic mass is 9.79. The van der Waals surface area contributed by atoms with Crippen LogP contribution in [0.3, 0.4) is 0 Å². The van der Waals surface area contributed by atoms with Crippen LogP contribution in [0.1, 0.15) is 43.0 Å². The van der Waals surface area contributed by atoms with Crippen LogP contribution in [0.15, 0.2) is 24.3 Å². The van der Waals surface area contributed by atoms with Crippen molar-refractivity contribution in [1.29, 1.82) is 0 Å². The molecule has 0 spiro atoms. The molecule has 134 valence electrons. The predicted octanol–water partition coefficient (Wildman–Crippen LogP) is 1.30. The fraction of sp³-hybridized carbons (Fsp3) is 0.412. The zero-order valence-corrected chi connectivity index (χ0v) is 13.9. The molecule has 0 aliphatic heterocycles. The predicted molar refractivity (Wildman–Crippen MR) is 89.4 cm³/mol. The first kappa shape index (κ1) is 18.4. The van der Waals surface area contributed by atoms with Crippen molar-refractivity contribution in [3.63, 3.8) is 0 Å². The molecule has 2 atom stereocenters. The number of aliphatic carboxylic acids is 1. The summed E-state index contributed by atoms with van der Waals surface area (Å²) >= 11 is 0. The number of carboxylic acids is 1. The summed E-state index contributed by atoms with van der Waals surface area (Å²) in [6.45, 7) is 1.38. The Morgan fingerprint density at radius 3 is 2.12 bits per heavy atom. The van der Waals surface area contributed by atoms with Crippen molar-refractivity contribution < 1.29 is 24.3 Å². The maximum Gasteiger partial charge on any atom is 0.307 e. The second-order valence-corrected chi connectivity index (χ2v) is 6.04. The van der Waals surface area contributed by atoms with Crippen LogP contribution in [0.4, 0.5) is 5.69 Å². The molecule has 8 nitrogen and oxygen atoms in total. The van der Waals surface area contributed by atoms with Gasteiger partial charge in [-0.25, -0.2) is 0 Å². The average molecular weight is 347 g/mol. The summed E-state index contributed by atoms with van der Waals surface area (Å²) in [4.78, 5) is 46.4. The van der Waals surface area contributed by atoms with Crippen LogP contribution in [0.25, 0.3) is 0 Å². The van der Waals surface area contributed by atoms with E-state index >= 15 is 0 Å². The Bertz CT molecular complexity index is 671. The van der Waals surface area contributed by atoms with Crippen LogP contribution in [0.2, 0.25) is 0 Å². The number of rotatable bonds is 4. The summed E-state index contributed by atoms with van der Waals surface area (Å²) < 4.78 is 0. The van der Waals surface area contributed by atoms with Crippen LogP contribution < -0.4 is 16.2 Å². The minimum Gasteiger partial charge on any atom is -0.481 e. The molecule has 1 aliphatic rings. The summed E-state index contributed by atoms with van der Waals surface area (Å²) in [5.74, 6) is -3.58. The number of hydrogen-bond acceptors (Lipinski definition) is 4. The summed E-state index contributed by atoms with van der Waals surface area (Å²) in [6.07, 6.45) is 2.53. The molecule has 2 rings (SSSR count). The highest BCUT2D eigenvalue weighted by Crippen LogP contribution is 2.30. The van der Waals surface area contributed by atoms with E-state index in [0.29, 0.717) is 24.1 Å². The van der Waals surface area contributed by atoms with Gasteiger partial charge in [-0.2, -0.15) is 0 Å². The van der Waals surface area contributed by atoms with Gasteiger partial charge in [-0.15, -0.1) is 0 Å². The zero-order valence-electron chi connectivity index (χ0n) is 13.9. The Morgan fingerprint density at radius 1 is 0.960 bits per heavy atom. The van der Waals surface area contributed by atoms with Crippen molar-refractivity contribution in [1.82, 2.24) is 10.9 Å². The van der Waals surface area contributed by atoms with Crippen molar-refractivity contribution in [2.75, 3.05) is 5.32 Å². The first-order chi connectivity index (χ1) is 11.9. The minimum absolute atomic E-state index is 0.218. The molecule has 2 unspecified atom stereocenters. The molecule has 25 heavy (non-hydrogen) atoms. The van der Waals surface area contributed by atoms with Gasteiger partial charge in [0.2, 0.25) is 11.8 Å². The number of hydrogen-bond donors (Lipinski definition) is 4. The van der Waals surface area contributed by atoms with Crippen molar-refractivity contribution in [3.05, 3.63) is 29.8 Å². The van der Waals surface area contributed by atoms with E-state index in [9.17, 15) is 24.3 Å². The maximum absolute atomic E-state index is 12.2. The van der Waals surface area contributed by atoms with E-state index in [0.717, 1.165) is 12.8 Å². The Kier molecular flexibility index (Phi) is 6.10. The van der Waals surface area contributed by atoms with E-state index in [4.69, 9.17) is 0 Å². The van der Waals surface area contributed by atoms with Crippen LogP contribution in [0, 0.1) is 11.8 Å². The Morgan fingerprint density at radius 2 is 1.56 bits per heavy atom. The number of carbonyl (C=O) groups is 4. The van der Waals surface area contributed by atoms with Gasteiger partial charge in [-0.1, -0.05) is 12.8 Å². The van der Waals surface area contributed by atoms with Gasteiger partial charge in [0, 0.05) is 18.2 Å². The number of carbonyl (C=O) groups excluding carboxylic acids is 3. The molecule has 0 aromatic heterocycles. The second-order valence-electron chi connectivity index (χ2n) is 6.04. The van der Waals surface area contributed by atoms with Crippen molar-refractivity contribution in [3.8, 4) is 0 Å². The lowest BCUT2D eigenvalue weighted by molar-refractivity contribution is -0.149. The topological polar surface area (TPSA) is 125 Å². The van der Waals surface area contributed by atoms with Gasteiger partial charge in [0.1, 0.15) is 0 Å². The summed E-state index contributed by atoms with van der Waals surface area (Å²) in [5, 5.41) is 11.8. The van der Waals surface area contributed by atoms with Crippen molar-refractivity contribution in [2.24, 2.45) is 11.8 Å². The first-order valence-corrected chi connectivity index (χ1v) is 8.09. The standard InChI is InChI=1S/C17H21N3O5/c1-10(21)18-12-8-6-11(7-9-12)15(22)19-20-16(23)13-4-2-3-5-14(13)17(24)25/h6-9,13-14H,2-5H2,1H3,(H,18,21)(H,19,22)(H,20,23)(H,24,25). The van der Waals surface area contributed by atoms with Gasteiger partial charge < -0.3 is 10.4 Å². The van der Waals surface area contributed by atoms with E-state index in [-0.39, 0.29) is 5.91 Å². The van der Waals surface area contributed by atoms with Crippen LogP contribution in [-0.4, -0.2) is 28.8 Å². The molecule has 0 saturated heterocycles. The third-order valence-corrected chi connectivity index (χ3v) is 4.19. The summed E-state index contributed by atoms with van der Waals surface area (Å²) in [7, 11) is 0. The number of hydrazine groups is 1. The molecule has 8 heteroatoms. The van der Waals surface area contributed by atoms with E-state index in [1.165, 1.54) is 19.1 Å². The number of carboxylic acid groups (broad SMARTS) is 1. The quantitative estimate of drug-likeness (QED) is 0.611. The van der Waals surface area contributed by atoms with Gasteiger partial charge in [0.15, 0.2) is 0 Å². The van der Waals surface area contributed by atoms with E-state index < -0.39 is 29.6 Å². The van der Waals surface area contributed by atoms with E-state index in [1.54, 1.807) is 12.1 Å². The van der Waals surface area contributed by atoms with Crippen LogP contribution in [0.5, 0.6) is 0 Å². The molecule has 0 radical (unpaired) electrons. The molecule has 1 aromatic carbocycles. The Hall–Kier alpha value is -2.90. The third-order valence-electron chi connectivity index (χ3n) is 4.19. The average Bonchev–Trinajstić information content (AvgIpc) is 2.59. The van der Waals surface area contributed by atoms with E-state index in [2.05, 4.69) is 16.2 Å². The highest BCUT2D eigenvalue weighted by atomic mass is 16.4. The maximum atomic E-state index is 12.2. The zero-order chi connectivity index (χ0) is 18.4. The van der Waals surface area contributed by atoms with Crippen molar-refractivity contribution >= 4 is 29.4 Å². The molecule has 4 N–H and O–H groups in total.